The highest BCUT2D eigenvalue weighted by Gasteiger charge is 2.18. The van der Waals surface area contributed by atoms with E-state index in [9.17, 15) is 16.8 Å². The van der Waals surface area contributed by atoms with Crippen molar-refractivity contribution < 1.29 is 21.9 Å². The van der Waals surface area contributed by atoms with Crippen molar-refractivity contribution in [3.05, 3.63) is 42.5 Å². The van der Waals surface area contributed by atoms with Gasteiger partial charge in [0.05, 0.1) is 28.0 Å². The van der Waals surface area contributed by atoms with Crippen molar-refractivity contribution in [3.8, 4) is 6.07 Å². The SMILES string of the molecule is CS(=O)(=O)c1ccc(N=Nc2ccc(N(CCC#N)CCCCO)cc2)c(S(C)(=O)=O)c1. The van der Waals surface area contributed by atoms with Crippen LogP contribution < -0.4 is 4.90 Å². The summed E-state index contributed by atoms with van der Waals surface area (Å²) < 4.78 is 47.7. The van der Waals surface area contributed by atoms with Crippen molar-refractivity contribution in [1.82, 2.24) is 0 Å². The summed E-state index contributed by atoms with van der Waals surface area (Å²) in [5, 5.41) is 26.0. The van der Waals surface area contributed by atoms with Gasteiger partial charge in [-0.2, -0.15) is 10.4 Å². The van der Waals surface area contributed by atoms with Crippen LogP contribution in [0.5, 0.6) is 0 Å². The molecule has 0 saturated carbocycles. The average molecular weight is 479 g/mol. The van der Waals surface area contributed by atoms with Crippen molar-refractivity contribution >= 4 is 36.7 Å². The van der Waals surface area contributed by atoms with Crippen LogP contribution in [0.15, 0.2) is 62.5 Å². The van der Waals surface area contributed by atoms with E-state index in [-0.39, 0.29) is 22.1 Å². The van der Waals surface area contributed by atoms with Crippen LogP contribution in [0.4, 0.5) is 17.1 Å². The van der Waals surface area contributed by atoms with Crippen LogP contribution in [0.25, 0.3) is 0 Å². The Morgan fingerprint density at radius 2 is 1.62 bits per heavy atom. The summed E-state index contributed by atoms with van der Waals surface area (Å²) in [5.74, 6) is 0. The molecule has 2 rings (SSSR count). The molecule has 11 heteroatoms. The molecule has 32 heavy (non-hydrogen) atoms. The Hall–Kier alpha value is -2.81. The van der Waals surface area contributed by atoms with Crippen molar-refractivity contribution in [1.29, 1.82) is 5.26 Å². The number of rotatable bonds is 11. The highest BCUT2D eigenvalue weighted by Crippen LogP contribution is 2.29. The molecule has 0 aliphatic rings. The Balaban J connectivity index is 2.28. The van der Waals surface area contributed by atoms with Crippen molar-refractivity contribution in [2.75, 3.05) is 37.1 Å². The van der Waals surface area contributed by atoms with Gasteiger partial charge in [-0.3, -0.25) is 0 Å². The zero-order valence-electron chi connectivity index (χ0n) is 18.0. The largest absolute Gasteiger partial charge is 0.396 e. The first-order valence-corrected chi connectivity index (χ1v) is 13.6. The topological polar surface area (TPSA) is 140 Å². The fraction of sp³-hybridized carbons (Fsp3) is 0.381. The van der Waals surface area contributed by atoms with Crippen molar-refractivity contribution in [3.63, 3.8) is 0 Å². The maximum Gasteiger partial charge on any atom is 0.177 e. The summed E-state index contributed by atoms with van der Waals surface area (Å²) >= 11 is 0. The molecule has 0 saturated heterocycles. The van der Waals surface area contributed by atoms with Gasteiger partial charge in [-0.1, -0.05) is 0 Å². The summed E-state index contributed by atoms with van der Waals surface area (Å²) in [6.07, 6.45) is 3.82. The van der Waals surface area contributed by atoms with E-state index in [1.165, 1.54) is 12.1 Å². The summed E-state index contributed by atoms with van der Waals surface area (Å²) in [6.45, 7) is 1.38. The van der Waals surface area contributed by atoms with E-state index in [1.807, 2.05) is 17.0 Å². The molecule has 9 nitrogen and oxygen atoms in total. The van der Waals surface area contributed by atoms with E-state index < -0.39 is 19.7 Å². The fourth-order valence-electron chi connectivity index (χ4n) is 2.92. The molecule has 0 fully saturated rings. The number of unbranched alkanes of at least 4 members (excludes halogenated alkanes) is 1. The van der Waals surface area contributed by atoms with E-state index in [1.54, 1.807) is 12.1 Å². The zero-order chi connectivity index (χ0) is 23.8. The molecule has 0 unspecified atom stereocenters. The van der Waals surface area contributed by atoms with Gasteiger partial charge in [0.25, 0.3) is 0 Å². The first kappa shape index (κ1) is 25.5. The van der Waals surface area contributed by atoms with Crippen LogP contribution in [0.1, 0.15) is 19.3 Å². The Bertz CT molecular complexity index is 1200. The summed E-state index contributed by atoms with van der Waals surface area (Å²) in [5.41, 5.74) is 1.42. The third-order valence-electron chi connectivity index (χ3n) is 4.58. The van der Waals surface area contributed by atoms with Gasteiger partial charge in [0.1, 0.15) is 5.69 Å². The molecule has 0 aromatic heterocycles. The highest BCUT2D eigenvalue weighted by atomic mass is 32.2. The minimum Gasteiger partial charge on any atom is -0.396 e. The predicted molar refractivity (Wildman–Crippen MR) is 122 cm³/mol. The standard InChI is InChI=1S/C21H26N4O5S2/c1-31(27,28)19-10-11-20(21(16-19)32(2,29)30)24-23-17-6-8-18(9-7-17)25(14-5-12-22)13-3-4-15-26/h6-11,16,26H,3-5,13-15H2,1-2H3. The van der Waals surface area contributed by atoms with Crippen LogP contribution in [0.3, 0.4) is 0 Å². The van der Waals surface area contributed by atoms with Crippen molar-refractivity contribution in [2.24, 2.45) is 10.2 Å². The molecule has 1 N–H and O–H groups in total. The minimum atomic E-state index is -3.73. The second kappa shape index (κ2) is 11.2. The lowest BCUT2D eigenvalue weighted by Gasteiger charge is -2.23. The van der Waals surface area contributed by atoms with E-state index in [2.05, 4.69) is 16.3 Å². The van der Waals surface area contributed by atoms with Crippen molar-refractivity contribution in [2.45, 2.75) is 29.1 Å². The van der Waals surface area contributed by atoms with E-state index in [0.29, 0.717) is 31.6 Å². The Labute approximate surface area is 188 Å². The number of sulfone groups is 2. The van der Waals surface area contributed by atoms with Gasteiger partial charge in [0, 0.05) is 37.9 Å². The van der Waals surface area contributed by atoms with E-state index >= 15 is 0 Å². The molecule has 0 amide bonds. The molecule has 2 aromatic carbocycles. The number of azo groups is 1. The van der Waals surface area contributed by atoms with Gasteiger partial charge < -0.3 is 10.0 Å². The average Bonchev–Trinajstić information content (AvgIpc) is 2.74. The first-order chi connectivity index (χ1) is 15.1. The normalized spacial score (nSPS) is 12.1. The molecule has 0 aliphatic carbocycles. The molecule has 0 atom stereocenters. The molecular weight excluding hydrogens is 452 g/mol. The number of hydrogen-bond donors (Lipinski definition) is 1. The fourth-order valence-corrected chi connectivity index (χ4v) is 4.47. The number of nitrogens with zero attached hydrogens (tertiary/aromatic N) is 4. The quantitative estimate of drug-likeness (QED) is 0.385. The smallest absolute Gasteiger partial charge is 0.177 e. The third-order valence-corrected chi connectivity index (χ3v) is 6.81. The molecule has 0 bridgehead atoms. The van der Waals surface area contributed by atoms with E-state index in [4.69, 9.17) is 10.4 Å². The van der Waals surface area contributed by atoms with Gasteiger partial charge in [-0.05, 0) is 55.3 Å². The number of benzene rings is 2. The zero-order valence-corrected chi connectivity index (χ0v) is 19.6. The van der Waals surface area contributed by atoms with Crippen LogP contribution in [-0.2, 0) is 19.7 Å². The van der Waals surface area contributed by atoms with Crippen LogP contribution in [0.2, 0.25) is 0 Å². The van der Waals surface area contributed by atoms with Crippen LogP contribution >= 0.6 is 0 Å². The number of nitriles is 1. The first-order valence-electron chi connectivity index (χ1n) is 9.85. The molecule has 0 heterocycles. The maximum absolute atomic E-state index is 12.1. The van der Waals surface area contributed by atoms with Gasteiger partial charge in [0.2, 0.25) is 0 Å². The maximum atomic E-state index is 12.1. The molecule has 2 aromatic rings. The second-order valence-electron chi connectivity index (χ2n) is 7.22. The molecule has 0 aliphatic heterocycles. The Morgan fingerprint density at radius 3 is 2.19 bits per heavy atom. The van der Waals surface area contributed by atoms with Gasteiger partial charge in [-0.25, -0.2) is 16.8 Å². The Morgan fingerprint density at radius 1 is 0.938 bits per heavy atom. The van der Waals surface area contributed by atoms with Gasteiger partial charge >= 0.3 is 0 Å². The lowest BCUT2D eigenvalue weighted by molar-refractivity contribution is 0.285. The highest BCUT2D eigenvalue weighted by molar-refractivity contribution is 7.91. The minimum absolute atomic E-state index is 0.0450. The molecule has 0 spiro atoms. The number of anilines is 1. The monoisotopic (exact) mass is 478 g/mol. The summed E-state index contributed by atoms with van der Waals surface area (Å²) in [6, 6.07) is 12.9. The molecular formula is C21H26N4O5S2. The van der Waals surface area contributed by atoms with Gasteiger partial charge in [-0.15, -0.1) is 5.11 Å². The van der Waals surface area contributed by atoms with Gasteiger partial charge in [0.15, 0.2) is 19.7 Å². The number of aliphatic hydroxyl groups excluding tert-OH is 1. The Kier molecular flexibility index (Phi) is 8.89. The third kappa shape index (κ3) is 7.40. The second-order valence-corrected chi connectivity index (χ2v) is 11.2. The molecule has 0 radical (unpaired) electrons. The predicted octanol–water partition coefficient (Wildman–Crippen LogP) is 3.40. The lowest BCUT2D eigenvalue weighted by Crippen LogP contribution is -2.25. The lowest BCUT2D eigenvalue weighted by atomic mass is 10.2. The van der Waals surface area contributed by atoms with E-state index in [0.717, 1.165) is 30.7 Å². The number of aliphatic hydroxyl groups is 1. The van der Waals surface area contributed by atoms with Crippen LogP contribution in [0, 0.1) is 11.3 Å². The van der Waals surface area contributed by atoms with Crippen LogP contribution in [-0.4, -0.2) is 54.2 Å². The summed E-state index contributed by atoms with van der Waals surface area (Å²) in [4.78, 5) is 1.72. The number of hydrogen-bond acceptors (Lipinski definition) is 9. The molecule has 172 valence electrons. The summed E-state index contributed by atoms with van der Waals surface area (Å²) in [7, 11) is -7.30.